The highest BCUT2D eigenvalue weighted by molar-refractivity contribution is 14.0. The molecule has 1 heterocycles. The summed E-state index contributed by atoms with van der Waals surface area (Å²) in [5.41, 5.74) is 7.06. The molecule has 1 amide bonds. The van der Waals surface area contributed by atoms with Gasteiger partial charge in [0.2, 0.25) is 0 Å². The van der Waals surface area contributed by atoms with Crippen LogP contribution in [0.2, 0.25) is 0 Å². The van der Waals surface area contributed by atoms with Crippen molar-refractivity contribution < 1.29 is 9.53 Å². The molecule has 0 aliphatic carbocycles. The second kappa shape index (κ2) is 10.7. The molecule has 0 unspecified atom stereocenters. The predicted molar refractivity (Wildman–Crippen MR) is 110 cm³/mol. The number of hydrogen-bond acceptors (Lipinski definition) is 4. The molecule has 8 heteroatoms. The number of guanidine groups is 1. The summed E-state index contributed by atoms with van der Waals surface area (Å²) in [5.74, 6) is 3.39. The third-order valence-corrected chi connectivity index (χ3v) is 4.46. The molecule has 1 aromatic rings. The number of benzene rings is 1. The number of amides is 1. The van der Waals surface area contributed by atoms with Crippen LogP contribution in [0.25, 0.3) is 0 Å². The van der Waals surface area contributed by atoms with E-state index in [0.717, 1.165) is 30.2 Å². The molecule has 0 bridgehead atoms. The lowest BCUT2D eigenvalue weighted by atomic mass is 10.2. The average Bonchev–Trinajstić information content (AvgIpc) is 2.58. The van der Waals surface area contributed by atoms with Gasteiger partial charge in [-0.05, 0) is 17.7 Å². The first-order chi connectivity index (χ1) is 11.1. The number of nitrogens with two attached hydrogens (primary N) is 1. The molecule has 0 atom stereocenters. The fourth-order valence-corrected chi connectivity index (χ4v) is 2.98. The van der Waals surface area contributed by atoms with Gasteiger partial charge in [-0.15, -0.1) is 24.0 Å². The summed E-state index contributed by atoms with van der Waals surface area (Å²) in [6, 6.07) is 7.60. The number of carbonyl (C=O) groups is 1. The minimum atomic E-state index is -0.0689. The van der Waals surface area contributed by atoms with E-state index in [1.807, 2.05) is 36.0 Å². The lowest BCUT2D eigenvalue weighted by Crippen LogP contribution is -2.42. The summed E-state index contributed by atoms with van der Waals surface area (Å²) in [6.45, 7) is 2.45. The van der Waals surface area contributed by atoms with Crippen LogP contribution in [-0.4, -0.2) is 67.0 Å². The SMILES string of the molecule is CN(C)C(=O)COc1cccc(CN=C(N)N2CCSCC2)c1.I. The monoisotopic (exact) mass is 464 g/mol. The molecule has 0 spiro atoms. The Kier molecular flexibility index (Phi) is 9.27. The quantitative estimate of drug-likeness (QED) is 0.408. The molecule has 1 fully saturated rings. The van der Waals surface area contributed by atoms with Crippen molar-refractivity contribution in [2.24, 2.45) is 10.7 Å². The lowest BCUT2D eigenvalue weighted by Gasteiger charge is -2.27. The number of hydrogen-bond donors (Lipinski definition) is 1. The van der Waals surface area contributed by atoms with Gasteiger partial charge in [0.25, 0.3) is 5.91 Å². The van der Waals surface area contributed by atoms with Crippen LogP contribution in [0.1, 0.15) is 5.56 Å². The maximum atomic E-state index is 11.5. The molecule has 1 aliphatic heterocycles. The van der Waals surface area contributed by atoms with Gasteiger partial charge in [0.1, 0.15) is 5.75 Å². The fraction of sp³-hybridized carbons (Fsp3) is 0.500. The van der Waals surface area contributed by atoms with Gasteiger partial charge in [-0.2, -0.15) is 11.8 Å². The van der Waals surface area contributed by atoms with Crippen molar-refractivity contribution in [1.29, 1.82) is 0 Å². The lowest BCUT2D eigenvalue weighted by molar-refractivity contribution is -0.130. The molecule has 2 rings (SSSR count). The van der Waals surface area contributed by atoms with Gasteiger partial charge in [-0.1, -0.05) is 12.1 Å². The van der Waals surface area contributed by atoms with E-state index in [9.17, 15) is 4.79 Å². The summed E-state index contributed by atoms with van der Waals surface area (Å²) < 4.78 is 5.51. The van der Waals surface area contributed by atoms with Crippen molar-refractivity contribution in [2.75, 3.05) is 45.3 Å². The zero-order valence-corrected chi connectivity index (χ0v) is 17.3. The number of rotatable bonds is 5. The van der Waals surface area contributed by atoms with Gasteiger partial charge in [-0.25, -0.2) is 4.99 Å². The number of likely N-dealkylation sites (N-methyl/N-ethyl adjacent to an activating group) is 1. The highest BCUT2D eigenvalue weighted by atomic mass is 127. The zero-order chi connectivity index (χ0) is 16.7. The van der Waals surface area contributed by atoms with Gasteiger partial charge in [-0.3, -0.25) is 4.79 Å². The second-order valence-electron chi connectivity index (χ2n) is 5.50. The largest absolute Gasteiger partial charge is 0.484 e. The standard InChI is InChI=1S/C16H24N4O2S.HI/c1-19(2)15(21)12-22-14-5-3-4-13(10-14)11-18-16(17)20-6-8-23-9-7-20;/h3-5,10H,6-9,11-12H2,1-2H3,(H2,17,18);1H. The van der Waals surface area contributed by atoms with E-state index >= 15 is 0 Å². The van der Waals surface area contributed by atoms with Crippen molar-refractivity contribution in [3.8, 4) is 5.75 Å². The topological polar surface area (TPSA) is 71.2 Å². The normalized spacial score (nSPS) is 14.8. The third-order valence-electron chi connectivity index (χ3n) is 3.52. The molecular weight excluding hydrogens is 439 g/mol. The van der Waals surface area contributed by atoms with Crippen LogP contribution >= 0.6 is 35.7 Å². The van der Waals surface area contributed by atoms with Crippen molar-refractivity contribution in [3.05, 3.63) is 29.8 Å². The Morgan fingerprint density at radius 3 is 2.75 bits per heavy atom. The van der Waals surface area contributed by atoms with E-state index in [4.69, 9.17) is 10.5 Å². The van der Waals surface area contributed by atoms with E-state index in [1.54, 1.807) is 14.1 Å². The molecule has 1 saturated heterocycles. The Morgan fingerprint density at radius 2 is 2.08 bits per heavy atom. The number of carbonyl (C=O) groups excluding carboxylic acids is 1. The number of halogens is 1. The van der Waals surface area contributed by atoms with E-state index in [1.165, 1.54) is 4.90 Å². The summed E-state index contributed by atoms with van der Waals surface area (Å²) in [7, 11) is 3.41. The van der Waals surface area contributed by atoms with Crippen LogP contribution in [0.3, 0.4) is 0 Å². The Labute approximate surface area is 164 Å². The van der Waals surface area contributed by atoms with Crippen molar-refractivity contribution in [3.63, 3.8) is 0 Å². The van der Waals surface area contributed by atoms with Gasteiger partial charge < -0.3 is 20.3 Å². The number of nitrogens with zero attached hydrogens (tertiary/aromatic N) is 3. The molecule has 24 heavy (non-hydrogen) atoms. The van der Waals surface area contributed by atoms with Crippen LogP contribution in [0, 0.1) is 0 Å². The number of thioether (sulfide) groups is 1. The predicted octanol–water partition coefficient (Wildman–Crippen LogP) is 1.64. The van der Waals surface area contributed by atoms with Gasteiger partial charge >= 0.3 is 0 Å². The summed E-state index contributed by atoms with van der Waals surface area (Å²) in [6.07, 6.45) is 0. The Bertz CT molecular complexity index is 563. The van der Waals surface area contributed by atoms with Crippen LogP contribution in [-0.2, 0) is 11.3 Å². The second-order valence-corrected chi connectivity index (χ2v) is 6.72. The third kappa shape index (κ3) is 6.76. The Hall–Kier alpha value is -1.16. The average molecular weight is 464 g/mol. The molecule has 2 N–H and O–H groups in total. The molecule has 134 valence electrons. The first-order valence-corrected chi connectivity index (χ1v) is 8.76. The molecule has 1 aliphatic rings. The first-order valence-electron chi connectivity index (χ1n) is 7.61. The van der Waals surface area contributed by atoms with Crippen molar-refractivity contribution >= 4 is 47.6 Å². The van der Waals surface area contributed by atoms with Crippen LogP contribution < -0.4 is 10.5 Å². The van der Waals surface area contributed by atoms with Crippen LogP contribution in [0.5, 0.6) is 5.75 Å². The molecule has 6 nitrogen and oxygen atoms in total. The maximum Gasteiger partial charge on any atom is 0.259 e. The van der Waals surface area contributed by atoms with Gasteiger partial charge in [0, 0.05) is 38.7 Å². The fourth-order valence-electron chi connectivity index (χ4n) is 2.07. The summed E-state index contributed by atoms with van der Waals surface area (Å²) in [4.78, 5) is 19.6. The van der Waals surface area contributed by atoms with Crippen molar-refractivity contribution in [1.82, 2.24) is 9.80 Å². The minimum Gasteiger partial charge on any atom is -0.484 e. The van der Waals surface area contributed by atoms with Crippen molar-refractivity contribution in [2.45, 2.75) is 6.54 Å². The van der Waals surface area contributed by atoms with E-state index in [2.05, 4.69) is 9.89 Å². The zero-order valence-electron chi connectivity index (χ0n) is 14.1. The molecule has 0 saturated carbocycles. The van der Waals surface area contributed by atoms with Crippen LogP contribution in [0.15, 0.2) is 29.3 Å². The molecular formula is C16H25IN4O2S. The highest BCUT2D eigenvalue weighted by Crippen LogP contribution is 2.15. The van der Waals surface area contributed by atoms with Gasteiger partial charge in [0.15, 0.2) is 12.6 Å². The summed E-state index contributed by atoms with van der Waals surface area (Å²) >= 11 is 1.94. The van der Waals surface area contributed by atoms with E-state index < -0.39 is 0 Å². The van der Waals surface area contributed by atoms with Gasteiger partial charge in [0.05, 0.1) is 6.54 Å². The minimum absolute atomic E-state index is 0. The number of aliphatic imine (C=N–C) groups is 1. The maximum absolute atomic E-state index is 11.5. The Morgan fingerprint density at radius 1 is 1.38 bits per heavy atom. The summed E-state index contributed by atoms with van der Waals surface area (Å²) in [5, 5.41) is 0. The molecule has 0 aromatic heterocycles. The molecule has 1 aromatic carbocycles. The van der Waals surface area contributed by atoms with E-state index in [0.29, 0.717) is 18.3 Å². The first kappa shape index (κ1) is 20.9. The number of ether oxygens (including phenoxy) is 1. The van der Waals surface area contributed by atoms with E-state index in [-0.39, 0.29) is 36.5 Å². The Balaban J connectivity index is 0.00000288. The van der Waals surface area contributed by atoms with Crippen LogP contribution in [0.4, 0.5) is 0 Å². The molecule has 0 radical (unpaired) electrons. The smallest absolute Gasteiger partial charge is 0.259 e. The highest BCUT2D eigenvalue weighted by Gasteiger charge is 2.12.